The van der Waals surface area contributed by atoms with Gasteiger partial charge >= 0.3 is 5.97 Å². The third kappa shape index (κ3) is 6.66. The van der Waals surface area contributed by atoms with Crippen LogP contribution in [0.4, 0.5) is 0 Å². The van der Waals surface area contributed by atoms with Gasteiger partial charge in [-0.1, -0.05) is 29.8 Å². The molecule has 8 nitrogen and oxygen atoms in total. The molecule has 5 rings (SSSR count). The fourth-order valence-corrected chi connectivity index (χ4v) is 6.29. The molecule has 0 radical (unpaired) electrons. The maximum atomic E-state index is 13.9. The number of carbonyl (C=O) groups is 2. The molecule has 0 spiro atoms. The van der Waals surface area contributed by atoms with Gasteiger partial charge in [-0.2, -0.15) is 5.10 Å². The zero-order valence-electron chi connectivity index (χ0n) is 26.9. The Balaban J connectivity index is 1.41. The van der Waals surface area contributed by atoms with Crippen molar-refractivity contribution in [2.24, 2.45) is 7.05 Å². The first-order chi connectivity index (χ1) is 21.5. The van der Waals surface area contributed by atoms with Gasteiger partial charge in [-0.3, -0.25) is 14.5 Å². The second kappa shape index (κ2) is 13.3. The number of carbonyl (C=O) groups excluding carboxylic acids is 2. The predicted molar refractivity (Wildman–Crippen MR) is 177 cm³/mol. The van der Waals surface area contributed by atoms with Crippen molar-refractivity contribution in [1.29, 1.82) is 0 Å². The molecular weight excluding hydrogens is 588 g/mol. The Morgan fingerprint density at radius 3 is 2.40 bits per heavy atom. The summed E-state index contributed by atoms with van der Waals surface area (Å²) in [5.41, 5.74) is 11.8. The topological polar surface area (TPSA) is 95.3 Å². The lowest BCUT2D eigenvalue weighted by molar-refractivity contribution is -0.117. The van der Waals surface area contributed by atoms with Gasteiger partial charge in [0.05, 0.1) is 37.2 Å². The van der Waals surface area contributed by atoms with Crippen LogP contribution in [0, 0.1) is 34.6 Å². The van der Waals surface area contributed by atoms with Crippen LogP contribution in [-0.4, -0.2) is 40.4 Å². The summed E-state index contributed by atoms with van der Waals surface area (Å²) >= 11 is 6.34. The van der Waals surface area contributed by atoms with Crippen LogP contribution in [0.3, 0.4) is 0 Å². The molecule has 0 saturated heterocycles. The number of hydrogen-bond acceptors (Lipinski definition) is 6. The number of nitrogens with one attached hydrogen (secondary N) is 1. The number of aryl methyl sites for hydroxylation is 5. The number of benzene rings is 2. The van der Waals surface area contributed by atoms with Crippen LogP contribution in [0.15, 0.2) is 48.0 Å². The van der Waals surface area contributed by atoms with E-state index in [0.29, 0.717) is 36.4 Å². The van der Waals surface area contributed by atoms with E-state index in [4.69, 9.17) is 21.1 Å². The molecule has 1 aliphatic rings. The molecule has 0 unspecified atom stereocenters. The molecule has 0 atom stereocenters. The molecule has 4 aromatic rings. The number of allylic oxidation sites excluding steroid dienone is 1. The first kappa shape index (κ1) is 32.0. The number of rotatable bonds is 10. The molecule has 1 amide bonds. The molecular formula is C36H39ClN4O4. The third-order valence-electron chi connectivity index (χ3n) is 8.38. The van der Waals surface area contributed by atoms with E-state index in [1.165, 1.54) is 7.11 Å². The largest absolute Gasteiger partial charge is 0.494 e. The Labute approximate surface area is 269 Å². The summed E-state index contributed by atoms with van der Waals surface area (Å²) in [6.07, 6.45) is 1.90. The lowest BCUT2D eigenvalue weighted by Gasteiger charge is -2.13. The summed E-state index contributed by atoms with van der Waals surface area (Å²) in [7, 11) is 3.29. The van der Waals surface area contributed by atoms with E-state index in [2.05, 4.69) is 40.5 Å². The lowest BCUT2D eigenvalue weighted by Crippen LogP contribution is -2.26. The molecule has 0 saturated carbocycles. The number of hydrogen-bond donors (Lipinski definition) is 1. The highest BCUT2D eigenvalue weighted by molar-refractivity contribution is 6.32. The number of halogens is 1. The van der Waals surface area contributed by atoms with Crippen molar-refractivity contribution >= 4 is 29.1 Å². The fraction of sp³-hybridized carbons (Fsp3) is 0.333. The second-order valence-corrected chi connectivity index (χ2v) is 12.0. The van der Waals surface area contributed by atoms with Crippen LogP contribution in [0.25, 0.3) is 16.7 Å². The normalized spacial score (nSPS) is 12.4. The average molecular weight is 627 g/mol. The van der Waals surface area contributed by atoms with Crippen LogP contribution in [-0.2, 0) is 29.5 Å². The van der Waals surface area contributed by atoms with E-state index in [-0.39, 0.29) is 12.5 Å². The number of amides is 1. The molecule has 234 valence electrons. The SMILES string of the molecule is COC(=O)c1cc(C)nc(CNC(=O)C2=C(CCCOc3cc(C)c(Cl)c(C)c3)c3cccc(-c4c(C)nn(C)c4C)c3C2)c1. The smallest absolute Gasteiger partial charge is 0.337 e. The number of pyridine rings is 1. The van der Waals surface area contributed by atoms with Gasteiger partial charge in [-0.25, -0.2) is 4.79 Å². The second-order valence-electron chi connectivity index (χ2n) is 11.6. The average Bonchev–Trinajstić information content (AvgIpc) is 3.51. The quantitative estimate of drug-likeness (QED) is 0.151. The molecule has 1 aliphatic carbocycles. The van der Waals surface area contributed by atoms with Crippen LogP contribution < -0.4 is 10.1 Å². The summed E-state index contributed by atoms with van der Waals surface area (Å²) < 4.78 is 12.9. The van der Waals surface area contributed by atoms with Crippen LogP contribution >= 0.6 is 11.6 Å². The number of esters is 1. The summed E-state index contributed by atoms with van der Waals surface area (Å²) in [6.45, 7) is 10.5. The van der Waals surface area contributed by atoms with E-state index in [9.17, 15) is 9.59 Å². The Bertz CT molecular complexity index is 1820. The van der Waals surface area contributed by atoms with Crippen molar-refractivity contribution in [3.63, 3.8) is 0 Å². The minimum Gasteiger partial charge on any atom is -0.494 e. The lowest BCUT2D eigenvalue weighted by atomic mass is 9.93. The zero-order valence-corrected chi connectivity index (χ0v) is 27.7. The first-order valence-electron chi connectivity index (χ1n) is 15.1. The maximum absolute atomic E-state index is 13.9. The highest BCUT2D eigenvalue weighted by Crippen LogP contribution is 2.42. The molecule has 0 aliphatic heterocycles. The molecule has 2 heterocycles. The molecule has 0 fully saturated rings. The van der Waals surface area contributed by atoms with Crippen LogP contribution in [0.1, 0.15) is 68.2 Å². The maximum Gasteiger partial charge on any atom is 0.337 e. The Morgan fingerprint density at radius 1 is 1.02 bits per heavy atom. The van der Waals surface area contributed by atoms with Gasteiger partial charge in [-0.05, 0) is 105 Å². The molecule has 0 bridgehead atoms. The highest BCUT2D eigenvalue weighted by Gasteiger charge is 2.29. The van der Waals surface area contributed by atoms with Gasteiger partial charge in [0.2, 0.25) is 5.91 Å². The number of methoxy groups -OCH3 is 1. The van der Waals surface area contributed by atoms with E-state index in [1.54, 1.807) is 12.1 Å². The van der Waals surface area contributed by atoms with Gasteiger partial charge in [0.1, 0.15) is 5.75 Å². The van der Waals surface area contributed by atoms with Crippen molar-refractivity contribution in [2.75, 3.05) is 13.7 Å². The minimum atomic E-state index is -0.441. The van der Waals surface area contributed by atoms with Crippen LogP contribution in [0.5, 0.6) is 5.75 Å². The molecule has 45 heavy (non-hydrogen) atoms. The van der Waals surface area contributed by atoms with Gasteiger partial charge in [0, 0.05) is 41.0 Å². The third-order valence-corrected chi connectivity index (χ3v) is 8.98. The van der Waals surface area contributed by atoms with Crippen molar-refractivity contribution in [2.45, 2.75) is 60.4 Å². The fourth-order valence-electron chi connectivity index (χ4n) is 6.18. The van der Waals surface area contributed by atoms with Crippen molar-refractivity contribution < 1.29 is 19.1 Å². The number of nitrogens with zero attached hydrogens (tertiary/aromatic N) is 3. The van der Waals surface area contributed by atoms with Gasteiger partial charge < -0.3 is 14.8 Å². The Kier molecular flexibility index (Phi) is 9.44. The number of aromatic nitrogens is 3. The van der Waals surface area contributed by atoms with Gasteiger partial charge in [0.25, 0.3) is 0 Å². The van der Waals surface area contributed by atoms with Gasteiger partial charge in [-0.15, -0.1) is 0 Å². The molecule has 1 N–H and O–H groups in total. The zero-order chi connectivity index (χ0) is 32.4. The highest BCUT2D eigenvalue weighted by atomic mass is 35.5. The minimum absolute atomic E-state index is 0.153. The standard InChI is InChI=1S/C36H39ClN4O4/c1-20-14-27(15-21(2)34(20)37)45-13-9-12-29-28-10-8-11-30(33-23(4)40-41(6)24(33)5)31(28)18-32(29)35(42)38-19-26-17-25(36(43)44-7)16-22(3)39-26/h8,10-11,14-17H,9,12-13,18-19H2,1-7H3,(H,38,42). The van der Waals surface area contributed by atoms with E-state index >= 15 is 0 Å². The van der Waals surface area contributed by atoms with Crippen molar-refractivity contribution in [3.8, 4) is 16.9 Å². The van der Waals surface area contributed by atoms with Crippen LogP contribution in [0.2, 0.25) is 5.02 Å². The van der Waals surface area contributed by atoms with Gasteiger partial charge in [0.15, 0.2) is 0 Å². The number of fused-ring (bicyclic) bond motifs is 1. The first-order valence-corrected chi connectivity index (χ1v) is 15.4. The summed E-state index contributed by atoms with van der Waals surface area (Å²) in [5, 5.41) is 8.47. The summed E-state index contributed by atoms with van der Waals surface area (Å²) in [4.78, 5) is 30.5. The Hall–Kier alpha value is -4.43. The molecule has 2 aromatic heterocycles. The molecule has 9 heteroatoms. The number of ether oxygens (including phenoxy) is 2. The predicted octanol–water partition coefficient (Wildman–Crippen LogP) is 6.95. The summed E-state index contributed by atoms with van der Waals surface area (Å²) in [6, 6.07) is 13.5. The monoisotopic (exact) mass is 626 g/mol. The summed E-state index contributed by atoms with van der Waals surface area (Å²) in [5.74, 6) is 0.193. The Morgan fingerprint density at radius 2 is 1.73 bits per heavy atom. The molecule has 2 aromatic carbocycles. The van der Waals surface area contributed by atoms with E-state index < -0.39 is 5.97 Å². The van der Waals surface area contributed by atoms with E-state index in [0.717, 1.165) is 73.1 Å². The van der Waals surface area contributed by atoms with E-state index in [1.807, 2.05) is 51.6 Å². The van der Waals surface area contributed by atoms with Crippen molar-refractivity contribution in [3.05, 3.63) is 104 Å². The van der Waals surface area contributed by atoms with Crippen molar-refractivity contribution in [1.82, 2.24) is 20.1 Å².